The lowest BCUT2D eigenvalue weighted by Crippen LogP contribution is -2.39. The number of piperidine rings is 1. The fourth-order valence-electron chi connectivity index (χ4n) is 6.48. The number of nitrogens with one attached hydrogen (secondary N) is 5. The Morgan fingerprint density at radius 2 is 1.21 bits per heavy atom. The average Bonchev–Trinajstić information content (AvgIpc) is 3.73. The first-order valence-corrected chi connectivity index (χ1v) is 18.5. The molecule has 2 aliphatic rings. The Balaban J connectivity index is 0.000000162. The second-order valence-electron chi connectivity index (χ2n) is 13.0. The number of fused-ring (bicyclic) bond motifs is 2. The van der Waals surface area contributed by atoms with Crippen LogP contribution < -0.4 is 16.0 Å². The zero-order valence-electron chi connectivity index (χ0n) is 28.7. The van der Waals surface area contributed by atoms with Crippen molar-refractivity contribution >= 4 is 68.7 Å². The maximum Gasteiger partial charge on any atom is 0.323 e. The molecular formula is C39H41Cl2N9O2. The smallest absolute Gasteiger partial charge is 0.323 e. The zero-order valence-corrected chi connectivity index (χ0v) is 30.2. The molecule has 0 bridgehead atoms. The van der Waals surface area contributed by atoms with Gasteiger partial charge >= 0.3 is 12.1 Å². The van der Waals surface area contributed by atoms with Gasteiger partial charge in [-0.2, -0.15) is 10.2 Å². The van der Waals surface area contributed by atoms with Crippen molar-refractivity contribution in [3.63, 3.8) is 0 Å². The highest BCUT2D eigenvalue weighted by Gasteiger charge is 2.20. The first kappa shape index (κ1) is 35.3. The third-order valence-corrected chi connectivity index (χ3v) is 10.1. The molecular weight excluding hydrogens is 697 g/mol. The number of urea groups is 2. The lowest BCUT2D eigenvalue weighted by Gasteiger charge is -2.30. The van der Waals surface area contributed by atoms with E-state index in [1.807, 2.05) is 89.8 Å². The average molecular weight is 739 g/mol. The van der Waals surface area contributed by atoms with E-state index >= 15 is 0 Å². The van der Waals surface area contributed by atoms with Gasteiger partial charge in [0.2, 0.25) is 0 Å². The van der Waals surface area contributed by atoms with Gasteiger partial charge in [0.15, 0.2) is 11.6 Å². The van der Waals surface area contributed by atoms with Crippen LogP contribution in [0.3, 0.4) is 0 Å². The molecule has 8 rings (SSSR count). The number of rotatable bonds is 8. The molecule has 0 atom stereocenters. The van der Waals surface area contributed by atoms with E-state index in [-0.39, 0.29) is 12.1 Å². The minimum atomic E-state index is -0.247. The number of aromatic nitrogens is 4. The Labute approximate surface area is 312 Å². The summed E-state index contributed by atoms with van der Waals surface area (Å²) in [6.07, 6.45) is 5.54. The van der Waals surface area contributed by atoms with Crippen LogP contribution in [-0.4, -0.2) is 81.5 Å². The summed E-state index contributed by atoms with van der Waals surface area (Å²) in [7, 11) is 0. The molecule has 2 aliphatic heterocycles. The number of amides is 4. The fourth-order valence-corrected chi connectivity index (χ4v) is 7.03. The molecule has 0 aliphatic carbocycles. The van der Waals surface area contributed by atoms with Gasteiger partial charge in [0, 0.05) is 41.5 Å². The largest absolute Gasteiger partial charge is 0.338 e. The molecule has 4 heterocycles. The first-order valence-electron chi connectivity index (χ1n) is 17.7. The normalized spacial score (nSPS) is 14.4. The fraction of sp³-hybridized carbons (Fsp3) is 0.282. The van der Waals surface area contributed by atoms with Crippen LogP contribution in [0.2, 0.25) is 10.0 Å². The number of aromatic amines is 2. The van der Waals surface area contributed by atoms with E-state index in [1.165, 1.54) is 25.9 Å². The minimum Gasteiger partial charge on any atom is -0.338 e. The molecule has 5 N–H and O–H groups in total. The van der Waals surface area contributed by atoms with Gasteiger partial charge in [-0.15, -0.1) is 0 Å². The van der Waals surface area contributed by atoms with E-state index in [0.29, 0.717) is 28.2 Å². The summed E-state index contributed by atoms with van der Waals surface area (Å²) in [4.78, 5) is 28.9. The summed E-state index contributed by atoms with van der Waals surface area (Å²) in [5, 5.41) is 26.0. The Morgan fingerprint density at radius 1 is 0.673 bits per heavy atom. The predicted octanol–water partition coefficient (Wildman–Crippen LogP) is 9.00. The van der Waals surface area contributed by atoms with Crippen molar-refractivity contribution in [3.8, 4) is 22.3 Å². The van der Waals surface area contributed by atoms with Crippen LogP contribution in [0.15, 0.2) is 84.9 Å². The topological polar surface area (TPSA) is 134 Å². The van der Waals surface area contributed by atoms with Crippen LogP contribution in [0.25, 0.3) is 44.1 Å². The quantitative estimate of drug-likeness (QED) is 0.0995. The third-order valence-electron chi connectivity index (χ3n) is 9.46. The first-order chi connectivity index (χ1) is 25.4. The number of halogens is 2. The molecule has 268 valence electrons. The summed E-state index contributed by atoms with van der Waals surface area (Å²) >= 11 is 12.9. The number of likely N-dealkylation sites (tertiary alicyclic amines) is 2. The van der Waals surface area contributed by atoms with Gasteiger partial charge < -0.3 is 15.1 Å². The Kier molecular flexibility index (Phi) is 11.2. The van der Waals surface area contributed by atoms with Crippen molar-refractivity contribution in [1.29, 1.82) is 0 Å². The van der Waals surface area contributed by atoms with Gasteiger partial charge in [-0.25, -0.2) is 9.59 Å². The Morgan fingerprint density at radius 3 is 1.73 bits per heavy atom. The van der Waals surface area contributed by atoms with Crippen LogP contribution in [0.4, 0.5) is 21.2 Å². The van der Waals surface area contributed by atoms with E-state index < -0.39 is 0 Å². The van der Waals surface area contributed by atoms with Crippen molar-refractivity contribution in [2.75, 3.05) is 49.9 Å². The highest BCUT2D eigenvalue weighted by molar-refractivity contribution is 6.34. The van der Waals surface area contributed by atoms with Crippen molar-refractivity contribution in [2.45, 2.75) is 32.1 Å². The number of nitrogens with zero attached hydrogens (tertiary/aromatic N) is 4. The number of anilines is 2. The summed E-state index contributed by atoms with van der Waals surface area (Å²) < 4.78 is 0. The Hall–Kier alpha value is -5.10. The van der Waals surface area contributed by atoms with Gasteiger partial charge in [0.1, 0.15) is 0 Å². The van der Waals surface area contributed by atoms with Crippen molar-refractivity contribution < 1.29 is 9.59 Å². The Bertz CT molecular complexity index is 2140. The van der Waals surface area contributed by atoms with E-state index in [0.717, 1.165) is 83.0 Å². The van der Waals surface area contributed by atoms with E-state index in [2.05, 4.69) is 41.2 Å². The highest BCUT2D eigenvalue weighted by Crippen LogP contribution is 2.35. The van der Waals surface area contributed by atoms with E-state index in [1.54, 1.807) is 0 Å². The van der Waals surface area contributed by atoms with Crippen molar-refractivity contribution in [1.82, 2.24) is 35.5 Å². The van der Waals surface area contributed by atoms with Gasteiger partial charge in [0.25, 0.3) is 0 Å². The number of benzene rings is 4. The molecule has 0 radical (unpaired) electrons. The summed E-state index contributed by atoms with van der Waals surface area (Å²) in [6.45, 7) is 5.64. The third kappa shape index (κ3) is 8.33. The maximum atomic E-state index is 12.5. The minimum absolute atomic E-state index is 0.0932. The summed E-state index contributed by atoms with van der Waals surface area (Å²) in [6, 6.07) is 27.1. The molecule has 0 saturated carbocycles. The molecule has 52 heavy (non-hydrogen) atoms. The van der Waals surface area contributed by atoms with Gasteiger partial charge in [0.05, 0.1) is 21.1 Å². The van der Waals surface area contributed by atoms with Gasteiger partial charge in [-0.3, -0.25) is 20.8 Å². The van der Waals surface area contributed by atoms with Crippen LogP contribution in [0, 0.1) is 0 Å². The zero-order chi connectivity index (χ0) is 35.9. The molecule has 2 aromatic heterocycles. The molecule has 6 aromatic rings. The van der Waals surface area contributed by atoms with Crippen LogP contribution in [-0.2, 0) is 0 Å². The number of hydrogen-bond acceptors (Lipinski definition) is 5. The number of H-pyrrole nitrogens is 2. The second kappa shape index (κ2) is 16.5. The second-order valence-corrected chi connectivity index (χ2v) is 13.9. The molecule has 2 fully saturated rings. The highest BCUT2D eigenvalue weighted by atomic mass is 35.5. The van der Waals surface area contributed by atoms with Crippen LogP contribution in [0.1, 0.15) is 32.1 Å². The summed E-state index contributed by atoms with van der Waals surface area (Å²) in [5.74, 6) is 1.04. The number of carbonyl (C=O) groups is 2. The lowest BCUT2D eigenvalue weighted by molar-refractivity contribution is 0.179. The van der Waals surface area contributed by atoms with Crippen molar-refractivity contribution in [3.05, 3.63) is 95.0 Å². The maximum absolute atomic E-state index is 12.5. The molecule has 0 spiro atoms. The monoisotopic (exact) mass is 737 g/mol. The SMILES string of the molecule is O=C(NCCCN1CCC1)Nc1n[nH]c2cc(Cl)c(-c3ccccc3)cc12.O=C(Nc1n[nH]c2cc(Cl)c(-c3ccccc3)cc12)N1CCCCC1. The van der Waals surface area contributed by atoms with Gasteiger partial charge in [-0.05, 0) is 87.1 Å². The molecule has 4 aromatic carbocycles. The molecule has 0 unspecified atom stereocenters. The van der Waals surface area contributed by atoms with Crippen LogP contribution in [0.5, 0.6) is 0 Å². The van der Waals surface area contributed by atoms with Crippen molar-refractivity contribution in [2.24, 2.45) is 0 Å². The molecule has 13 heteroatoms. The molecule has 2 saturated heterocycles. The van der Waals surface area contributed by atoms with E-state index in [9.17, 15) is 9.59 Å². The lowest BCUT2D eigenvalue weighted by atomic mass is 10.0. The number of hydrogen-bond donors (Lipinski definition) is 5. The molecule has 11 nitrogen and oxygen atoms in total. The molecule has 4 amide bonds. The van der Waals surface area contributed by atoms with Crippen LogP contribution >= 0.6 is 23.2 Å². The predicted molar refractivity (Wildman–Crippen MR) is 210 cm³/mol. The number of carbonyl (C=O) groups excluding carboxylic acids is 2. The summed E-state index contributed by atoms with van der Waals surface area (Å²) in [5.41, 5.74) is 5.47. The standard InChI is InChI=1S/C20H22ClN5O.C19H19ClN4O/c21-17-13-18-16(12-15(17)14-6-2-1-3-7-14)19(25-24-18)23-20(27)22-8-4-9-26-10-5-11-26;20-16-12-17-15(11-14(16)13-7-3-1-4-8-13)18(23-22-17)21-19(25)24-9-5-2-6-10-24/h1-3,6-7,12-13H,4-5,8-11H2,(H3,22,23,24,25,27);1,3-4,7-8,11-12H,2,5-6,9-10H2,(H2,21,22,23,25). The van der Waals surface area contributed by atoms with Gasteiger partial charge in [-0.1, -0.05) is 83.9 Å². The van der Waals surface area contributed by atoms with E-state index in [4.69, 9.17) is 23.2 Å².